The van der Waals surface area contributed by atoms with Crippen LogP contribution in [-0.4, -0.2) is 19.2 Å². The number of halogens is 1. The van der Waals surface area contributed by atoms with Crippen LogP contribution < -0.4 is 10.1 Å². The van der Waals surface area contributed by atoms with Crippen LogP contribution in [-0.2, 0) is 11.8 Å². The molecule has 2 aliphatic heterocycles. The topological polar surface area (TPSA) is 21.3 Å². The smallest absolute Gasteiger partial charge is 0.123 e. The zero-order valence-electron chi connectivity index (χ0n) is 11.8. The highest BCUT2D eigenvalue weighted by molar-refractivity contribution is 6.30. The molecule has 1 saturated heterocycles. The molecule has 1 atom stereocenters. The van der Waals surface area contributed by atoms with Crippen molar-refractivity contribution in [2.24, 2.45) is 0 Å². The summed E-state index contributed by atoms with van der Waals surface area (Å²) in [5.41, 5.74) is 2.89. The molecule has 0 saturated carbocycles. The molecular formula is C18H18ClNO. The van der Waals surface area contributed by atoms with Crippen LogP contribution in [0.5, 0.6) is 5.75 Å². The van der Waals surface area contributed by atoms with Crippen LogP contribution in [0.4, 0.5) is 0 Å². The molecule has 0 amide bonds. The standard InChI is InChI=1S/C18H18ClNO/c19-15-7-5-14(6-8-15)18(11-20-12-18)10-16-9-13-3-1-2-4-17(13)21-16/h1-8,16,20H,9-12H2. The Labute approximate surface area is 130 Å². The van der Waals surface area contributed by atoms with E-state index in [9.17, 15) is 0 Å². The summed E-state index contributed by atoms with van der Waals surface area (Å²) in [6.45, 7) is 2.04. The molecule has 0 radical (unpaired) electrons. The molecule has 21 heavy (non-hydrogen) atoms. The quantitative estimate of drug-likeness (QED) is 0.935. The van der Waals surface area contributed by atoms with Crippen molar-refractivity contribution in [3.63, 3.8) is 0 Å². The fraction of sp³-hybridized carbons (Fsp3) is 0.333. The van der Waals surface area contributed by atoms with Crippen molar-refractivity contribution in [1.82, 2.24) is 5.32 Å². The summed E-state index contributed by atoms with van der Waals surface area (Å²) in [5, 5.41) is 4.22. The van der Waals surface area contributed by atoms with Gasteiger partial charge < -0.3 is 10.1 Å². The van der Waals surface area contributed by atoms with Crippen molar-refractivity contribution in [2.45, 2.75) is 24.4 Å². The Morgan fingerprint density at radius 1 is 1.10 bits per heavy atom. The largest absolute Gasteiger partial charge is 0.490 e. The first-order chi connectivity index (χ1) is 10.3. The van der Waals surface area contributed by atoms with Gasteiger partial charge in [0.2, 0.25) is 0 Å². The molecule has 1 unspecified atom stereocenters. The summed E-state index contributed by atoms with van der Waals surface area (Å²) in [7, 11) is 0. The lowest BCUT2D eigenvalue weighted by Crippen LogP contribution is -2.58. The van der Waals surface area contributed by atoms with Gasteiger partial charge >= 0.3 is 0 Å². The summed E-state index contributed by atoms with van der Waals surface area (Å²) >= 11 is 6.01. The van der Waals surface area contributed by atoms with Crippen LogP contribution in [0, 0.1) is 0 Å². The van der Waals surface area contributed by atoms with E-state index in [1.54, 1.807) is 0 Å². The minimum absolute atomic E-state index is 0.192. The van der Waals surface area contributed by atoms with Crippen molar-refractivity contribution < 1.29 is 4.74 Å². The van der Waals surface area contributed by atoms with E-state index in [2.05, 4.69) is 35.6 Å². The molecule has 0 bridgehead atoms. The number of rotatable bonds is 3. The van der Waals surface area contributed by atoms with Gasteiger partial charge in [0.1, 0.15) is 11.9 Å². The van der Waals surface area contributed by atoms with Gasteiger partial charge in [-0.15, -0.1) is 0 Å². The minimum Gasteiger partial charge on any atom is -0.490 e. The van der Waals surface area contributed by atoms with Crippen LogP contribution >= 0.6 is 11.6 Å². The van der Waals surface area contributed by atoms with Gasteiger partial charge in [0.05, 0.1) is 0 Å². The van der Waals surface area contributed by atoms with Crippen molar-refractivity contribution in [2.75, 3.05) is 13.1 Å². The van der Waals surface area contributed by atoms with Gasteiger partial charge in [0.15, 0.2) is 0 Å². The second-order valence-corrected chi connectivity index (χ2v) is 6.58. The maximum atomic E-state index is 6.13. The highest BCUT2D eigenvalue weighted by atomic mass is 35.5. The van der Waals surface area contributed by atoms with Crippen LogP contribution in [0.25, 0.3) is 0 Å². The van der Waals surface area contributed by atoms with Gasteiger partial charge in [-0.2, -0.15) is 0 Å². The SMILES string of the molecule is Clc1ccc(C2(CC3Cc4ccccc4O3)CNC2)cc1. The summed E-state index contributed by atoms with van der Waals surface area (Å²) < 4.78 is 6.13. The second-order valence-electron chi connectivity index (χ2n) is 6.15. The normalized spacial score (nSPS) is 22.2. The summed E-state index contributed by atoms with van der Waals surface area (Å²) in [5.74, 6) is 1.06. The second kappa shape index (κ2) is 5.04. The first-order valence-corrected chi connectivity index (χ1v) is 7.84. The Kier molecular flexibility index (Phi) is 3.16. The zero-order chi connectivity index (χ0) is 14.3. The van der Waals surface area contributed by atoms with E-state index in [4.69, 9.17) is 16.3 Å². The Morgan fingerprint density at radius 2 is 1.86 bits per heavy atom. The average molecular weight is 300 g/mol. The predicted octanol–water partition coefficient (Wildman–Crippen LogP) is 3.57. The summed E-state index contributed by atoms with van der Waals surface area (Å²) in [6.07, 6.45) is 2.35. The van der Waals surface area contributed by atoms with E-state index in [0.29, 0.717) is 0 Å². The molecule has 2 aromatic carbocycles. The van der Waals surface area contributed by atoms with Crippen LogP contribution in [0.15, 0.2) is 48.5 Å². The number of fused-ring (bicyclic) bond motifs is 1. The van der Waals surface area contributed by atoms with Crippen molar-refractivity contribution in [1.29, 1.82) is 0 Å². The van der Waals surface area contributed by atoms with E-state index >= 15 is 0 Å². The lowest BCUT2D eigenvalue weighted by Gasteiger charge is -2.44. The first-order valence-electron chi connectivity index (χ1n) is 7.47. The lowest BCUT2D eigenvalue weighted by molar-refractivity contribution is 0.143. The summed E-state index contributed by atoms with van der Waals surface area (Å²) in [6, 6.07) is 16.7. The summed E-state index contributed by atoms with van der Waals surface area (Å²) in [4.78, 5) is 0. The highest BCUT2D eigenvalue weighted by Crippen LogP contribution is 2.39. The minimum atomic E-state index is 0.192. The van der Waals surface area contributed by atoms with Crippen LogP contribution in [0.2, 0.25) is 5.02 Å². The highest BCUT2D eigenvalue weighted by Gasteiger charge is 2.42. The molecule has 108 valence electrons. The predicted molar refractivity (Wildman–Crippen MR) is 85.2 cm³/mol. The Hall–Kier alpha value is -1.51. The third kappa shape index (κ3) is 2.33. The monoisotopic (exact) mass is 299 g/mol. The van der Waals surface area contributed by atoms with E-state index in [1.807, 2.05) is 18.2 Å². The number of nitrogens with one attached hydrogen (secondary N) is 1. The number of hydrogen-bond acceptors (Lipinski definition) is 2. The first kappa shape index (κ1) is 13.2. The van der Waals surface area contributed by atoms with Crippen LogP contribution in [0.1, 0.15) is 17.5 Å². The van der Waals surface area contributed by atoms with Crippen molar-refractivity contribution in [3.8, 4) is 5.75 Å². The Bertz CT molecular complexity index is 624. The van der Waals surface area contributed by atoms with Gasteiger partial charge in [0.25, 0.3) is 0 Å². The fourth-order valence-corrected chi connectivity index (χ4v) is 3.63. The lowest BCUT2D eigenvalue weighted by atomic mass is 9.71. The van der Waals surface area contributed by atoms with Gasteiger partial charge in [-0.25, -0.2) is 0 Å². The molecule has 0 spiro atoms. The van der Waals surface area contributed by atoms with Crippen molar-refractivity contribution in [3.05, 3.63) is 64.7 Å². The van der Waals surface area contributed by atoms with E-state index < -0.39 is 0 Å². The number of para-hydroxylation sites is 1. The number of hydrogen-bond donors (Lipinski definition) is 1. The molecule has 0 aliphatic carbocycles. The van der Waals surface area contributed by atoms with Crippen LogP contribution in [0.3, 0.4) is 0 Å². The molecule has 2 heterocycles. The molecule has 2 nitrogen and oxygen atoms in total. The molecule has 2 aromatic rings. The number of benzene rings is 2. The fourth-order valence-electron chi connectivity index (χ4n) is 3.50. The molecular weight excluding hydrogens is 282 g/mol. The molecule has 4 rings (SSSR count). The molecule has 2 aliphatic rings. The third-order valence-electron chi connectivity index (χ3n) is 4.72. The molecule has 1 fully saturated rings. The zero-order valence-corrected chi connectivity index (χ0v) is 12.6. The number of ether oxygens (including phenoxy) is 1. The van der Waals surface area contributed by atoms with Gasteiger partial charge in [-0.1, -0.05) is 41.9 Å². The van der Waals surface area contributed by atoms with Crippen molar-refractivity contribution >= 4 is 11.6 Å². The molecule has 1 N–H and O–H groups in total. The Morgan fingerprint density at radius 3 is 2.52 bits per heavy atom. The Balaban J connectivity index is 1.54. The van der Waals surface area contributed by atoms with E-state index in [0.717, 1.165) is 36.7 Å². The van der Waals surface area contributed by atoms with E-state index in [-0.39, 0.29) is 11.5 Å². The maximum Gasteiger partial charge on any atom is 0.123 e. The molecule has 3 heteroatoms. The van der Waals surface area contributed by atoms with Gasteiger partial charge in [0, 0.05) is 29.9 Å². The molecule has 0 aromatic heterocycles. The maximum absolute atomic E-state index is 6.13. The van der Waals surface area contributed by atoms with Gasteiger partial charge in [-0.05, 0) is 35.7 Å². The third-order valence-corrected chi connectivity index (χ3v) is 4.97. The average Bonchev–Trinajstić information content (AvgIpc) is 2.86. The van der Waals surface area contributed by atoms with Gasteiger partial charge in [-0.3, -0.25) is 0 Å². The van der Waals surface area contributed by atoms with E-state index in [1.165, 1.54) is 11.1 Å².